The smallest absolute Gasteiger partial charge is 0.352 e. The number of aromatic nitrogens is 1. The van der Waals surface area contributed by atoms with Crippen molar-refractivity contribution in [3.63, 3.8) is 0 Å². The van der Waals surface area contributed by atoms with Gasteiger partial charge in [0, 0.05) is 11.6 Å². The Kier molecular flexibility index (Phi) is 3.62. The molecule has 0 atom stereocenters. The molecule has 0 aliphatic carbocycles. The first-order chi connectivity index (χ1) is 8.93. The lowest BCUT2D eigenvalue weighted by Crippen LogP contribution is -2.12. The predicted octanol–water partition coefficient (Wildman–Crippen LogP) is 4.23. The van der Waals surface area contributed by atoms with Gasteiger partial charge in [-0.25, -0.2) is 9.18 Å². The summed E-state index contributed by atoms with van der Waals surface area (Å²) >= 11 is 5.76. The molecule has 0 fully saturated rings. The number of nitrogens with zero attached hydrogens (tertiary/aromatic N) is 1. The third kappa shape index (κ3) is 2.36. The first kappa shape index (κ1) is 13.6. The minimum atomic E-state index is -1.04. The molecule has 0 aliphatic rings. The number of rotatable bonds is 3. The second-order valence-corrected chi connectivity index (χ2v) is 4.88. The summed E-state index contributed by atoms with van der Waals surface area (Å²) in [6.45, 7) is 3.69. The Morgan fingerprint density at radius 2 is 2.00 bits per heavy atom. The lowest BCUT2D eigenvalue weighted by Gasteiger charge is -2.16. The van der Waals surface area contributed by atoms with Gasteiger partial charge in [-0.1, -0.05) is 17.7 Å². The highest BCUT2D eigenvalue weighted by Gasteiger charge is 2.19. The van der Waals surface area contributed by atoms with Crippen molar-refractivity contribution in [2.24, 2.45) is 0 Å². The molecule has 5 heteroatoms. The average Bonchev–Trinajstić information content (AvgIpc) is 2.77. The number of hydrogen-bond acceptors (Lipinski definition) is 1. The summed E-state index contributed by atoms with van der Waals surface area (Å²) in [6.07, 6.45) is 0. The number of aromatic carboxylic acids is 1. The lowest BCUT2D eigenvalue weighted by atomic mass is 10.1. The van der Waals surface area contributed by atoms with E-state index in [1.54, 1.807) is 22.8 Å². The van der Waals surface area contributed by atoms with E-state index in [1.165, 1.54) is 12.1 Å². The van der Waals surface area contributed by atoms with Crippen LogP contribution in [0.3, 0.4) is 0 Å². The highest BCUT2D eigenvalue weighted by atomic mass is 35.5. The van der Waals surface area contributed by atoms with Gasteiger partial charge in [0.15, 0.2) is 5.82 Å². The van der Waals surface area contributed by atoms with Gasteiger partial charge in [0.1, 0.15) is 5.69 Å². The van der Waals surface area contributed by atoms with Crippen molar-refractivity contribution in [3.8, 4) is 11.3 Å². The Hall–Kier alpha value is -1.81. The first-order valence-corrected chi connectivity index (χ1v) is 6.20. The van der Waals surface area contributed by atoms with Gasteiger partial charge in [-0.15, -0.1) is 0 Å². The molecule has 0 saturated heterocycles. The van der Waals surface area contributed by atoms with Gasteiger partial charge in [0.05, 0.1) is 10.7 Å². The van der Waals surface area contributed by atoms with Crippen LogP contribution in [-0.4, -0.2) is 15.6 Å². The highest BCUT2D eigenvalue weighted by molar-refractivity contribution is 6.31. The number of carboxylic acid groups (broad SMARTS) is 1. The summed E-state index contributed by atoms with van der Waals surface area (Å²) in [5.41, 5.74) is 0.936. The van der Waals surface area contributed by atoms with Crippen LogP contribution in [0.15, 0.2) is 30.3 Å². The van der Waals surface area contributed by atoms with Crippen molar-refractivity contribution in [1.29, 1.82) is 0 Å². The molecular formula is C14H13ClFNO2. The maximum absolute atomic E-state index is 14.0. The van der Waals surface area contributed by atoms with Crippen LogP contribution in [0.1, 0.15) is 30.4 Å². The van der Waals surface area contributed by atoms with E-state index in [4.69, 9.17) is 16.7 Å². The standard InChI is InChI=1S/C14H13ClFNO2/c1-8(2)17-11(6-7-12(17)14(18)19)9-4-3-5-10(15)13(9)16/h3-8H,1-2H3,(H,18,19). The molecule has 3 nitrogen and oxygen atoms in total. The average molecular weight is 282 g/mol. The van der Waals surface area contributed by atoms with E-state index in [2.05, 4.69) is 0 Å². The van der Waals surface area contributed by atoms with E-state index in [1.807, 2.05) is 13.8 Å². The van der Waals surface area contributed by atoms with E-state index in [0.29, 0.717) is 11.3 Å². The van der Waals surface area contributed by atoms with E-state index in [0.717, 1.165) is 0 Å². The van der Waals surface area contributed by atoms with Crippen LogP contribution in [0.5, 0.6) is 0 Å². The monoisotopic (exact) mass is 281 g/mol. The number of halogens is 2. The number of carboxylic acids is 1. The highest BCUT2D eigenvalue weighted by Crippen LogP contribution is 2.31. The molecule has 1 aromatic carbocycles. The van der Waals surface area contributed by atoms with Crippen molar-refractivity contribution in [1.82, 2.24) is 4.57 Å². The fourth-order valence-corrected chi connectivity index (χ4v) is 2.27. The molecule has 100 valence electrons. The number of hydrogen-bond donors (Lipinski definition) is 1. The van der Waals surface area contributed by atoms with Gasteiger partial charge in [-0.3, -0.25) is 0 Å². The molecule has 1 aromatic heterocycles. The molecule has 0 bridgehead atoms. The molecule has 0 saturated carbocycles. The summed E-state index contributed by atoms with van der Waals surface area (Å²) in [7, 11) is 0. The van der Waals surface area contributed by atoms with Crippen LogP contribution in [0.2, 0.25) is 5.02 Å². The van der Waals surface area contributed by atoms with E-state index >= 15 is 0 Å². The van der Waals surface area contributed by atoms with E-state index in [-0.39, 0.29) is 16.8 Å². The van der Waals surface area contributed by atoms with Crippen LogP contribution in [0, 0.1) is 5.82 Å². The topological polar surface area (TPSA) is 42.2 Å². The minimum absolute atomic E-state index is 0.0193. The van der Waals surface area contributed by atoms with Crippen molar-refractivity contribution >= 4 is 17.6 Å². The summed E-state index contributed by atoms with van der Waals surface area (Å²) in [6, 6.07) is 7.64. The quantitative estimate of drug-likeness (QED) is 0.915. The molecular weight excluding hydrogens is 269 g/mol. The molecule has 1 N–H and O–H groups in total. The van der Waals surface area contributed by atoms with Crippen LogP contribution in [0.4, 0.5) is 4.39 Å². The molecule has 0 amide bonds. The van der Waals surface area contributed by atoms with Crippen LogP contribution in [-0.2, 0) is 0 Å². The normalized spacial score (nSPS) is 11.0. The van der Waals surface area contributed by atoms with Crippen molar-refractivity contribution < 1.29 is 14.3 Å². The maximum atomic E-state index is 14.0. The Morgan fingerprint density at radius 1 is 1.32 bits per heavy atom. The second-order valence-electron chi connectivity index (χ2n) is 4.47. The van der Waals surface area contributed by atoms with Gasteiger partial charge in [-0.2, -0.15) is 0 Å². The van der Waals surface area contributed by atoms with E-state index in [9.17, 15) is 9.18 Å². The van der Waals surface area contributed by atoms with Gasteiger partial charge in [-0.05, 0) is 38.1 Å². The summed E-state index contributed by atoms with van der Waals surface area (Å²) in [5, 5.41) is 9.18. The number of carbonyl (C=O) groups is 1. The zero-order chi connectivity index (χ0) is 14.2. The predicted molar refractivity (Wildman–Crippen MR) is 72.2 cm³/mol. The van der Waals surface area contributed by atoms with Gasteiger partial charge >= 0.3 is 5.97 Å². The largest absolute Gasteiger partial charge is 0.477 e. The Labute approximate surface area is 115 Å². The summed E-state index contributed by atoms with van der Waals surface area (Å²) in [4.78, 5) is 11.2. The molecule has 0 spiro atoms. The molecule has 0 unspecified atom stereocenters. The van der Waals surface area contributed by atoms with Gasteiger partial charge in [0.25, 0.3) is 0 Å². The molecule has 2 rings (SSSR count). The lowest BCUT2D eigenvalue weighted by molar-refractivity contribution is 0.0683. The van der Waals surface area contributed by atoms with Gasteiger partial charge < -0.3 is 9.67 Å². The molecule has 2 aromatic rings. The molecule has 1 heterocycles. The minimum Gasteiger partial charge on any atom is -0.477 e. The molecule has 0 aliphatic heterocycles. The number of benzene rings is 1. The zero-order valence-corrected chi connectivity index (χ0v) is 11.3. The van der Waals surface area contributed by atoms with Crippen molar-refractivity contribution in [2.75, 3.05) is 0 Å². The van der Waals surface area contributed by atoms with Crippen molar-refractivity contribution in [2.45, 2.75) is 19.9 Å². The molecule has 0 radical (unpaired) electrons. The van der Waals surface area contributed by atoms with Gasteiger partial charge in [0.2, 0.25) is 0 Å². The van der Waals surface area contributed by atoms with Crippen LogP contribution < -0.4 is 0 Å². The Morgan fingerprint density at radius 3 is 2.58 bits per heavy atom. The maximum Gasteiger partial charge on any atom is 0.352 e. The Balaban J connectivity index is 2.69. The fourth-order valence-electron chi connectivity index (χ4n) is 2.10. The SMILES string of the molecule is CC(C)n1c(C(=O)O)ccc1-c1cccc(Cl)c1F. The second kappa shape index (κ2) is 5.05. The zero-order valence-electron chi connectivity index (χ0n) is 10.5. The third-order valence-electron chi connectivity index (χ3n) is 2.88. The van der Waals surface area contributed by atoms with E-state index < -0.39 is 11.8 Å². The summed E-state index contributed by atoms with van der Waals surface area (Å²) in [5.74, 6) is -1.58. The third-order valence-corrected chi connectivity index (χ3v) is 3.17. The Bertz CT molecular complexity index is 634. The molecule has 19 heavy (non-hydrogen) atoms. The van der Waals surface area contributed by atoms with Crippen LogP contribution >= 0.6 is 11.6 Å². The first-order valence-electron chi connectivity index (χ1n) is 5.82. The summed E-state index contributed by atoms with van der Waals surface area (Å²) < 4.78 is 15.6. The fraction of sp³-hybridized carbons (Fsp3) is 0.214. The van der Waals surface area contributed by atoms with Crippen LogP contribution in [0.25, 0.3) is 11.3 Å². The van der Waals surface area contributed by atoms with Crippen molar-refractivity contribution in [3.05, 3.63) is 46.9 Å².